The number of ketones is 1. The van der Waals surface area contributed by atoms with Gasteiger partial charge >= 0.3 is 7.60 Å². The lowest BCUT2D eigenvalue weighted by Crippen LogP contribution is -2.13. The summed E-state index contributed by atoms with van der Waals surface area (Å²) in [6.45, 7) is 5.24. The van der Waals surface area contributed by atoms with E-state index in [0.29, 0.717) is 10.6 Å². The van der Waals surface area contributed by atoms with Gasteiger partial charge in [0.2, 0.25) is 0 Å². The largest absolute Gasteiger partial charge is 0.345 e. The molecule has 0 radical (unpaired) electrons. The van der Waals surface area contributed by atoms with Crippen LogP contribution in [0.25, 0.3) is 0 Å². The number of Topliss-reactive ketones (excluding diaryl/α,β-unsaturated/α-hetero) is 1. The SMILES string of the molecule is CCOP(=O)(OCC)C(C(C)=O)c1ccc(Cl)cc1. The predicted octanol–water partition coefficient (Wildman–Crippen LogP) is 4.24. The number of hydrogen-bond donors (Lipinski definition) is 0. The molecule has 1 atom stereocenters. The molecular formula is C13H18ClO4P. The van der Waals surface area contributed by atoms with Crippen LogP contribution in [0.1, 0.15) is 32.0 Å². The van der Waals surface area contributed by atoms with Crippen molar-refractivity contribution in [3.8, 4) is 0 Å². The smallest absolute Gasteiger partial charge is 0.308 e. The van der Waals surface area contributed by atoms with Gasteiger partial charge in [-0.3, -0.25) is 9.36 Å². The maximum absolute atomic E-state index is 12.7. The van der Waals surface area contributed by atoms with Crippen molar-refractivity contribution in [3.63, 3.8) is 0 Å². The van der Waals surface area contributed by atoms with Gasteiger partial charge in [0.1, 0.15) is 11.4 Å². The van der Waals surface area contributed by atoms with Gasteiger partial charge in [-0.05, 0) is 38.5 Å². The van der Waals surface area contributed by atoms with Crippen LogP contribution in [0.5, 0.6) is 0 Å². The first-order chi connectivity index (χ1) is 8.94. The van der Waals surface area contributed by atoms with Crippen molar-refractivity contribution in [2.24, 2.45) is 0 Å². The Bertz CT molecular complexity index is 462. The van der Waals surface area contributed by atoms with Crippen molar-refractivity contribution in [2.45, 2.75) is 26.4 Å². The van der Waals surface area contributed by atoms with E-state index < -0.39 is 13.3 Å². The average molecular weight is 305 g/mol. The summed E-state index contributed by atoms with van der Waals surface area (Å²) in [4.78, 5) is 11.9. The van der Waals surface area contributed by atoms with Gasteiger partial charge in [0.05, 0.1) is 13.2 Å². The molecule has 0 spiro atoms. The maximum atomic E-state index is 12.7. The van der Waals surface area contributed by atoms with Gasteiger partial charge in [0.25, 0.3) is 0 Å². The molecule has 19 heavy (non-hydrogen) atoms. The zero-order valence-electron chi connectivity index (χ0n) is 11.3. The summed E-state index contributed by atoms with van der Waals surface area (Å²) in [5.74, 6) is -0.257. The number of carbonyl (C=O) groups is 1. The molecule has 1 unspecified atom stereocenters. The summed E-state index contributed by atoms with van der Waals surface area (Å²) < 4.78 is 23.3. The Hall–Kier alpha value is -0.670. The fraction of sp³-hybridized carbons (Fsp3) is 0.462. The first-order valence-corrected chi connectivity index (χ1v) is 8.08. The Kier molecular flexibility index (Phi) is 6.21. The quantitative estimate of drug-likeness (QED) is 0.707. The molecule has 0 aromatic heterocycles. The van der Waals surface area contributed by atoms with Crippen molar-refractivity contribution in [3.05, 3.63) is 34.9 Å². The van der Waals surface area contributed by atoms with E-state index in [9.17, 15) is 9.36 Å². The zero-order valence-corrected chi connectivity index (χ0v) is 12.9. The van der Waals surface area contributed by atoms with Crippen LogP contribution < -0.4 is 0 Å². The highest BCUT2D eigenvalue weighted by atomic mass is 35.5. The van der Waals surface area contributed by atoms with Gasteiger partial charge in [0.15, 0.2) is 0 Å². The molecule has 1 aromatic rings. The number of hydrogen-bond acceptors (Lipinski definition) is 4. The number of rotatable bonds is 7. The highest BCUT2D eigenvalue weighted by Crippen LogP contribution is 2.61. The predicted molar refractivity (Wildman–Crippen MR) is 75.7 cm³/mol. The standard InChI is InChI=1S/C13H18ClO4P/c1-4-17-19(16,18-5-2)13(10(3)15)11-6-8-12(14)9-7-11/h6-9,13H,4-5H2,1-3H3. The van der Waals surface area contributed by atoms with Gasteiger partial charge in [-0.2, -0.15) is 0 Å². The van der Waals surface area contributed by atoms with E-state index in [4.69, 9.17) is 20.6 Å². The summed E-state index contributed by atoms with van der Waals surface area (Å²) in [6, 6.07) is 6.63. The van der Waals surface area contributed by atoms with E-state index >= 15 is 0 Å². The van der Waals surface area contributed by atoms with Crippen LogP contribution in [0.15, 0.2) is 24.3 Å². The first kappa shape index (κ1) is 16.4. The van der Waals surface area contributed by atoms with E-state index in [1.165, 1.54) is 6.92 Å². The lowest BCUT2D eigenvalue weighted by molar-refractivity contribution is -0.117. The molecule has 1 rings (SSSR count). The molecular weight excluding hydrogens is 287 g/mol. The van der Waals surface area contributed by atoms with Crippen LogP contribution in [0, 0.1) is 0 Å². The van der Waals surface area contributed by atoms with Crippen molar-refractivity contribution in [1.82, 2.24) is 0 Å². The molecule has 0 aliphatic heterocycles. The molecule has 106 valence electrons. The maximum Gasteiger partial charge on any atom is 0.345 e. The minimum Gasteiger partial charge on any atom is -0.308 e. The Morgan fingerprint density at radius 3 is 2.05 bits per heavy atom. The van der Waals surface area contributed by atoms with Gasteiger partial charge in [-0.1, -0.05) is 23.7 Å². The van der Waals surface area contributed by atoms with Gasteiger partial charge in [-0.25, -0.2) is 0 Å². The monoisotopic (exact) mass is 304 g/mol. The molecule has 0 bridgehead atoms. The highest BCUT2D eigenvalue weighted by Gasteiger charge is 2.40. The third-order valence-electron chi connectivity index (χ3n) is 2.51. The molecule has 0 aliphatic carbocycles. The summed E-state index contributed by atoms with van der Waals surface area (Å²) >= 11 is 5.82. The Labute approximate surface area is 118 Å². The topological polar surface area (TPSA) is 52.6 Å². The van der Waals surface area contributed by atoms with Gasteiger partial charge < -0.3 is 9.05 Å². The normalized spacial score (nSPS) is 13.3. The lowest BCUT2D eigenvalue weighted by atomic mass is 10.1. The van der Waals surface area contributed by atoms with Crippen molar-refractivity contribution in [2.75, 3.05) is 13.2 Å². The van der Waals surface area contributed by atoms with E-state index in [1.54, 1.807) is 38.1 Å². The molecule has 0 aliphatic rings. The molecule has 0 saturated carbocycles. The third-order valence-corrected chi connectivity index (χ3v) is 5.29. The van der Waals surface area contributed by atoms with E-state index in [1.807, 2.05) is 0 Å². The van der Waals surface area contributed by atoms with Crippen LogP contribution in [-0.2, 0) is 18.4 Å². The van der Waals surface area contributed by atoms with E-state index in [0.717, 1.165) is 0 Å². The van der Waals surface area contributed by atoms with Crippen LogP contribution in [0.4, 0.5) is 0 Å². The van der Waals surface area contributed by atoms with E-state index in [2.05, 4.69) is 0 Å². The van der Waals surface area contributed by atoms with Gasteiger partial charge in [0, 0.05) is 5.02 Å². The van der Waals surface area contributed by atoms with Gasteiger partial charge in [-0.15, -0.1) is 0 Å². The Morgan fingerprint density at radius 2 is 1.68 bits per heavy atom. The molecule has 6 heteroatoms. The molecule has 0 saturated heterocycles. The summed E-state index contributed by atoms with van der Waals surface area (Å²) in [6.07, 6.45) is 0. The molecule has 0 fully saturated rings. The zero-order chi connectivity index (χ0) is 14.5. The second kappa shape index (κ2) is 7.20. The van der Waals surface area contributed by atoms with E-state index in [-0.39, 0.29) is 19.0 Å². The van der Waals surface area contributed by atoms with Crippen LogP contribution >= 0.6 is 19.2 Å². The van der Waals surface area contributed by atoms with Crippen molar-refractivity contribution in [1.29, 1.82) is 0 Å². The number of benzene rings is 1. The first-order valence-electron chi connectivity index (χ1n) is 6.09. The minimum absolute atomic E-state index is 0.217. The minimum atomic E-state index is -3.52. The Morgan fingerprint density at radius 1 is 1.21 bits per heavy atom. The van der Waals surface area contributed by atoms with Crippen molar-refractivity contribution >= 4 is 25.0 Å². The van der Waals surface area contributed by atoms with Crippen LogP contribution in [0.3, 0.4) is 0 Å². The second-order valence-corrected chi connectivity index (χ2v) is 6.49. The average Bonchev–Trinajstić information content (AvgIpc) is 2.32. The third kappa shape index (κ3) is 4.15. The summed E-state index contributed by atoms with van der Waals surface area (Å²) in [5.41, 5.74) is -0.327. The van der Waals surface area contributed by atoms with Crippen molar-refractivity contribution < 1.29 is 18.4 Å². The molecule has 4 nitrogen and oxygen atoms in total. The second-order valence-electron chi connectivity index (χ2n) is 3.94. The molecule has 0 N–H and O–H groups in total. The highest BCUT2D eigenvalue weighted by molar-refractivity contribution is 7.55. The molecule has 0 heterocycles. The fourth-order valence-electron chi connectivity index (χ4n) is 1.83. The number of carbonyl (C=O) groups excluding carboxylic acids is 1. The fourth-order valence-corrected chi connectivity index (χ4v) is 4.03. The number of halogens is 1. The Balaban J connectivity index is 3.21. The lowest BCUT2D eigenvalue weighted by Gasteiger charge is -2.24. The van der Waals surface area contributed by atoms with Crippen LogP contribution in [-0.4, -0.2) is 19.0 Å². The summed E-state index contributed by atoms with van der Waals surface area (Å²) in [7, 11) is -3.52. The molecule has 1 aromatic carbocycles. The molecule has 0 amide bonds. The summed E-state index contributed by atoms with van der Waals surface area (Å²) in [5, 5.41) is 0.550. The van der Waals surface area contributed by atoms with Crippen LogP contribution in [0.2, 0.25) is 5.02 Å².